The number of aryl methyl sites for hydroxylation is 1. The van der Waals surface area contributed by atoms with Gasteiger partial charge in [0, 0.05) is 35.6 Å². The van der Waals surface area contributed by atoms with Crippen LogP contribution in [0.3, 0.4) is 0 Å². The number of pyridine rings is 2. The molecule has 5 rings (SSSR count). The van der Waals surface area contributed by atoms with Crippen LogP contribution in [-0.4, -0.2) is 36.4 Å². The van der Waals surface area contributed by atoms with E-state index in [1.54, 1.807) is 0 Å². The van der Waals surface area contributed by atoms with Crippen molar-refractivity contribution in [1.29, 1.82) is 0 Å². The second kappa shape index (κ2) is 7.34. The molecule has 6 heteroatoms. The van der Waals surface area contributed by atoms with Crippen molar-refractivity contribution in [2.24, 2.45) is 4.99 Å². The van der Waals surface area contributed by atoms with Crippen molar-refractivity contribution in [3.8, 4) is 5.69 Å². The molecule has 3 aromatic rings. The van der Waals surface area contributed by atoms with Crippen LogP contribution in [0.1, 0.15) is 48.1 Å². The summed E-state index contributed by atoms with van der Waals surface area (Å²) in [5.74, 6) is 1.11. The second-order valence-electron chi connectivity index (χ2n) is 7.71. The highest BCUT2D eigenvalue weighted by Gasteiger charge is 2.46. The lowest BCUT2D eigenvalue weighted by molar-refractivity contribution is 0.254. The lowest BCUT2D eigenvalue weighted by Crippen LogP contribution is -2.35. The normalized spacial score (nSPS) is 23.3. The molecule has 5 nitrogen and oxygen atoms in total. The van der Waals surface area contributed by atoms with Crippen molar-refractivity contribution in [2.75, 3.05) is 5.75 Å². The van der Waals surface area contributed by atoms with Gasteiger partial charge in [0.25, 0.3) is 0 Å². The zero-order valence-corrected chi connectivity index (χ0v) is 17.8. The minimum Gasteiger partial charge on any atom is -0.338 e. The van der Waals surface area contributed by atoms with E-state index in [0.717, 1.165) is 23.6 Å². The van der Waals surface area contributed by atoms with Crippen molar-refractivity contribution in [2.45, 2.75) is 45.3 Å². The Kier molecular flexibility index (Phi) is 4.66. The van der Waals surface area contributed by atoms with E-state index in [1.807, 2.05) is 42.5 Å². The molecule has 3 atom stereocenters. The van der Waals surface area contributed by atoms with E-state index in [9.17, 15) is 0 Å². The van der Waals surface area contributed by atoms with Crippen LogP contribution in [0.25, 0.3) is 5.69 Å². The Hall–Kier alpha value is -2.60. The third kappa shape index (κ3) is 2.97. The summed E-state index contributed by atoms with van der Waals surface area (Å²) in [5.41, 5.74) is 5.95. The first-order valence-electron chi connectivity index (χ1n) is 10.2. The number of thioether (sulfide) groups is 1. The monoisotopic (exact) mass is 403 g/mol. The predicted octanol–water partition coefficient (Wildman–Crippen LogP) is 4.86. The minimum atomic E-state index is 0.0240. The number of fused-ring (bicyclic) bond motifs is 1. The fourth-order valence-corrected chi connectivity index (χ4v) is 5.99. The van der Waals surface area contributed by atoms with Gasteiger partial charge in [-0.2, -0.15) is 0 Å². The van der Waals surface area contributed by atoms with Gasteiger partial charge in [-0.05, 0) is 56.2 Å². The Labute approximate surface area is 175 Å². The summed E-state index contributed by atoms with van der Waals surface area (Å²) in [6.07, 6.45) is 6.75. The molecule has 0 N–H and O–H groups in total. The Balaban J connectivity index is 1.64. The van der Waals surface area contributed by atoms with Gasteiger partial charge >= 0.3 is 0 Å². The van der Waals surface area contributed by atoms with E-state index in [-0.39, 0.29) is 12.1 Å². The fraction of sp³-hybridized carbons (Fsp3) is 0.348. The number of aliphatic imine (C=N–C) groups is 1. The van der Waals surface area contributed by atoms with Crippen LogP contribution in [0.15, 0.2) is 60.0 Å². The molecule has 5 heterocycles. The van der Waals surface area contributed by atoms with E-state index in [1.165, 1.54) is 22.1 Å². The molecule has 0 radical (unpaired) electrons. The predicted molar refractivity (Wildman–Crippen MR) is 119 cm³/mol. The molecule has 1 saturated heterocycles. The molecule has 1 fully saturated rings. The second-order valence-corrected chi connectivity index (χ2v) is 8.70. The van der Waals surface area contributed by atoms with Gasteiger partial charge < -0.3 is 9.47 Å². The molecule has 29 heavy (non-hydrogen) atoms. The number of nitrogens with zero attached hydrogens (tertiary/aromatic N) is 5. The number of amidine groups is 1. The quantitative estimate of drug-likeness (QED) is 0.624. The Morgan fingerprint density at radius 1 is 1.14 bits per heavy atom. The van der Waals surface area contributed by atoms with Crippen LogP contribution < -0.4 is 0 Å². The average molecular weight is 404 g/mol. The first-order chi connectivity index (χ1) is 14.2. The molecule has 148 valence electrons. The highest BCUT2D eigenvalue weighted by Crippen LogP contribution is 2.49. The third-order valence-electron chi connectivity index (χ3n) is 6.02. The van der Waals surface area contributed by atoms with Gasteiger partial charge in [0.15, 0.2) is 5.17 Å². The van der Waals surface area contributed by atoms with Crippen LogP contribution in [0.5, 0.6) is 0 Å². The molecule has 0 amide bonds. The zero-order valence-electron chi connectivity index (χ0n) is 17.0. The van der Waals surface area contributed by atoms with Gasteiger partial charge in [-0.1, -0.05) is 24.8 Å². The first-order valence-corrected chi connectivity index (χ1v) is 11.2. The number of hydrogen-bond acceptors (Lipinski definition) is 5. The lowest BCUT2D eigenvalue weighted by Gasteiger charge is -2.32. The minimum absolute atomic E-state index is 0.0240. The topological polar surface area (TPSA) is 46.3 Å². The summed E-state index contributed by atoms with van der Waals surface area (Å²) in [4.78, 5) is 16.7. The van der Waals surface area contributed by atoms with Crippen LogP contribution in [0.4, 0.5) is 0 Å². The van der Waals surface area contributed by atoms with Gasteiger partial charge in [0.2, 0.25) is 0 Å². The molecular formula is C23H25N5S. The van der Waals surface area contributed by atoms with Crippen LogP contribution in [0.2, 0.25) is 0 Å². The van der Waals surface area contributed by atoms with E-state index in [0.29, 0.717) is 6.04 Å². The zero-order chi connectivity index (χ0) is 20.0. The van der Waals surface area contributed by atoms with Gasteiger partial charge in [-0.25, -0.2) is 0 Å². The van der Waals surface area contributed by atoms with E-state index in [2.05, 4.69) is 64.5 Å². The number of rotatable bonds is 4. The summed E-state index contributed by atoms with van der Waals surface area (Å²) in [5, 5.41) is 1.17. The molecule has 0 aliphatic carbocycles. The molecule has 0 spiro atoms. The third-order valence-corrected chi connectivity index (χ3v) is 7.15. The number of aromatic nitrogens is 3. The smallest absolute Gasteiger partial charge is 0.160 e. The average Bonchev–Trinajstić information content (AvgIpc) is 3.40. The van der Waals surface area contributed by atoms with Crippen molar-refractivity contribution < 1.29 is 0 Å². The van der Waals surface area contributed by atoms with E-state index in [4.69, 9.17) is 4.99 Å². The maximum Gasteiger partial charge on any atom is 0.160 e. The van der Waals surface area contributed by atoms with Gasteiger partial charge in [-0.15, -0.1) is 0 Å². The van der Waals surface area contributed by atoms with Crippen molar-refractivity contribution in [3.63, 3.8) is 0 Å². The Morgan fingerprint density at radius 3 is 2.76 bits per heavy atom. The largest absolute Gasteiger partial charge is 0.338 e. The molecule has 2 aliphatic heterocycles. The summed E-state index contributed by atoms with van der Waals surface area (Å²) >= 11 is 1.89. The Bertz CT molecular complexity index is 1040. The van der Waals surface area contributed by atoms with Crippen molar-refractivity contribution >= 4 is 16.9 Å². The van der Waals surface area contributed by atoms with Crippen molar-refractivity contribution in [3.05, 3.63) is 77.6 Å². The van der Waals surface area contributed by atoms with Gasteiger partial charge in [0.05, 0.1) is 23.6 Å². The fourth-order valence-electron chi connectivity index (χ4n) is 4.66. The van der Waals surface area contributed by atoms with E-state index >= 15 is 0 Å². The van der Waals surface area contributed by atoms with Crippen molar-refractivity contribution in [1.82, 2.24) is 19.4 Å². The molecule has 0 aromatic carbocycles. The summed E-state index contributed by atoms with van der Waals surface area (Å²) in [6.45, 7) is 6.66. The van der Waals surface area contributed by atoms with Gasteiger partial charge in [0.1, 0.15) is 6.04 Å². The SMILES string of the molecule is CC[C@@H]1CSC2=N[C@H](c3ccccn3)[C@H](c3cc(C)n(-c4cccnc4)c3C)N21. The lowest BCUT2D eigenvalue weighted by atomic mass is 9.95. The summed E-state index contributed by atoms with van der Waals surface area (Å²) in [6, 6.07) is 13.3. The molecule has 2 aliphatic rings. The molecule has 0 unspecified atom stereocenters. The highest BCUT2D eigenvalue weighted by atomic mass is 32.2. The highest BCUT2D eigenvalue weighted by molar-refractivity contribution is 8.14. The van der Waals surface area contributed by atoms with E-state index < -0.39 is 0 Å². The summed E-state index contributed by atoms with van der Waals surface area (Å²) in [7, 11) is 0. The maximum atomic E-state index is 5.15. The maximum absolute atomic E-state index is 5.15. The molecule has 0 bridgehead atoms. The standard InChI is InChI=1S/C23H25N5S/c1-4-17-14-29-23-26-21(20-9-5-6-11-25-20)22(28(17)23)19-12-15(2)27(16(19)3)18-8-7-10-24-13-18/h5-13,17,21-22H,4,14H2,1-3H3/t17-,21-,22+/m1/s1. The van der Waals surface area contributed by atoms with Crippen LogP contribution >= 0.6 is 11.8 Å². The summed E-state index contributed by atoms with van der Waals surface area (Å²) < 4.78 is 2.31. The van der Waals surface area contributed by atoms with Crippen LogP contribution in [-0.2, 0) is 0 Å². The molecule has 0 saturated carbocycles. The Morgan fingerprint density at radius 2 is 2.03 bits per heavy atom. The molecular weight excluding hydrogens is 378 g/mol. The van der Waals surface area contributed by atoms with Crippen LogP contribution in [0, 0.1) is 13.8 Å². The van der Waals surface area contributed by atoms with Gasteiger partial charge in [-0.3, -0.25) is 15.0 Å². The molecule has 3 aromatic heterocycles. The first kappa shape index (κ1) is 18.4. The number of hydrogen-bond donors (Lipinski definition) is 0.